The molecule has 2 N–H and O–H groups in total. The molecule has 1 heterocycles. The predicted octanol–water partition coefficient (Wildman–Crippen LogP) is 4.80. The molecule has 0 radical (unpaired) electrons. The molecule has 0 saturated carbocycles. The minimum absolute atomic E-state index is 0.0249. The van der Waals surface area contributed by atoms with Gasteiger partial charge in [0.1, 0.15) is 12.0 Å². The second-order valence-electron chi connectivity index (χ2n) is 9.70. The Balaban J connectivity index is 1.35. The van der Waals surface area contributed by atoms with Crippen molar-refractivity contribution in [3.8, 4) is 11.1 Å². The van der Waals surface area contributed by atoms with Gasteiger partial charge in [-0.25, -0.2) is 4.79 Å². The van der Waals surface area contributed by atoms with Crippen LogP contribution in [0.15, 0.2) is 48.5 Å². The lowest BCUT2D eigenvalue weighted by molar-refractivity contribution is -0.166. The van der Waals surface area contributed by atoms with E-state index in [4.69, 9.17) is 4.74 Å². The third-order valence-electron chi connectivity index (χ3n) is 7.46. The molecule has 0 spiro atoms. The van der Waals surface area contributed by atoms with Gasteiger partial charge in [0.05, 0.1) is 0 Å². The van der Waals surface area contributed by atoms with Crippen LogP contribution < -0.4 is 5.32 Å². The number of rotatable bonds is 10. The molecule has 2 aromatic carbocycles. The highest BCUT2D eigenvalue weighted by atomic mass is 16.5. The first-order valence-electron chi connectivity index (χ1n) is 12.5. The van der Waals surface area contributed by atoms with Crippen molar-refractivity contribution in [2.45, 2.75) is 57.9 Å². The number of nitrogens with one attached hydrogen (secondary N) is 1. The summed E-state index contributed by atoms with van der Waals surface area (Å²) in [6.07, 6.45) is 2.58. The fourth-order valence-electron chi connectivity index (χ4n) is 5.19. The number of ether oxygens (including phenoxy) is 1. The minimum Gasteiger partial charge on any atom is -0.481 e. The molecule has 1 unspecified atom stereocenters. The number of carboxylic acids is 1. The standard InChI is InChI=1S/C28H34N2O5/c1-3-5-10-19(15-25(31)30-17-28(4-2,18-30)26(32)33)29-27(34)35-16-24-22-13-8-6-11-20(22)21-12-7-9-14-23(21)24/h6-9,11-14,19,24H,3-5,10,15-18H2,1-2H3,(H,29,34)(H,32,33). The van der Waals surface area contributed by atoms with Crippen LogP contribution in [0.3, 0.4) is 0 Å². The van der Waals surface area contributed by atoms with Crippen LogP contribution in [0.25, 0.3) is 11.1 Å². The zero-order chi connectivity index (χ0) is 25.0. The summed E-state index contributed by atoms with van der Waals surface area (Å²) >= 11 is 0. The molecule has 1 atom stereocenters. The van der Waals surface area contributed by atoms with E-state index in [9.17, 15) is 19.5 Å². The van der Waals surface area contributed by atoms with Gasteiger partial charge in [-0.3, -0.25) is 9.59 Å². The number of fused-ring (bicyclic) bond motifs is 3. The second-order valence-corrected chi connectivity index (χ2v) is 9.70. The highest BCUT2D eigenvalue weighted by Gasteiger charge is 2.49. The Morgan fingerprint density at radius 1 is 1.06 bits per heavy atom. The van der Waals surface area contributed by atoms with Gasteiger partial charge in [-0.15, -0.1) is 0 Å². The Hall–Kier alpha value is -3.35. The van der Waals surface area contributed by atoms with Crippen molar-refractivity contribution >= 4 is 18.0 Å². The van der Waals surface area contributed by atoms with Crippen molar-refractivity contribution in [2.75, 3.05) is 19.7 Å². The third kappa shape index (κ3) is 5.04. The molecule has 186 valence electrons. The van der Waals surface area contributed by atoms with E-state index in [1.807, 2.05) is 31.2 Å². The van der Waals surface area contributed by atoms with Gasteiger partial charge in [0.2, 0.25) is 5.91 Å². The quantitative estimate of drug-likeness (QED) is 0.512. The number of hydrogen-bond donors (Lipinski definition) is 2. The number of hydrogen-bond acceptors (Lipinski definition) is 4. The first-order valence-corrected chi connectivity index (χ1v) is 12.5. The molecule has 1 aliphatic carbocycles. The number of amides is 2. The normalized spacial score (nSPS) is 16.6. The first-order chi connectivity index (χ1) is 16.9. The smallest absolute Gasteiger partial charge is 0.407 e. The van der Waals surface area contributed by atoms with Crippen molar-refractivity contribution in [1.82, 2.24) is 10.2 Å². The lowest BCUT2D eigenvalue weighted by Crippen LogP contribution is -2.62. The molecule has 1 saturated heterocycles. The van der Waals surface area contributed by atoms with Crippen molar-refractivity contribution in [3.05, 3.63) is 59.7 Å². The highest BCUT2D eigenvalue weighted by molar-refractivity contribution is 5.84. The van der Waals surface area contributed by atoms with Crippen LogP contribution in [-0.2, 0) is 14.3 Å². The fraction of sp³-hybridized carbons (Fsp3) is 0.464. The Bertz CT molecular complexity index is 1050. The summed E-state index contributed by atoms with van der Waals surface area (Å²) in [7, 11) is 0. The number of carboxylic acid groups (broad SMARTS) is 1. The number of benzene rings is 2. The van der Waals surface area contributed by atoms with Gasteiger partial charge in [0, 0.05) is 31.5 Å². The number of alkyl carbamates (subject to hydrolysis) is 1. The van der Waals surface area contributed by atoms with E-state index in [1.165, 1.54) is 11.1 Å². The van der Waals surface area contributed by atoms with Gasteiger partial charge in [-0.2, -0.15) is 0 Å². The molecule has 7 nitrogen and oxygen atoms in total. The van der Waals surface area contributed by atoms with E-state index >= 15 is 0 Å². The summed E-state index contributed by atoms with van der Waals surface area (Å²) in [6.45, 7) is 4.56. The maximum Gasteiger partial charge on any atom is 0.407 e. The lowest BCUT2D eigenvalue weighted by Gasteiger charge is -2.47. The van der Waals surface area contributed by atoms with Gasteiger partial charge < -0.3 is 20.1 Å². The van der Waals surface area contributed by atoms with Crippen LogP contribution >= 0.6 is 0 Å². The van der Waals surface area contributed by atoms with E-state index in [0.717, 1.165) is 24.0 Å². The Morgan fingerprint density at radius 3 is 2.20 bits per heavy atom. The number of unbranched alkanes of at least 4 members (excludes halogenated alkanes) is 1. The topological polar surface area (TPSA) is 95.9 Å². The van der Waals surface area contributed by atoms with E-state index < -0.39 is 17.5 Å². The number of aliphatic carboxylic acids is 1. The van der Waals surface area contributed by atoms with Crippen molar-refractivity contribution < 1.29 is 24.2 Å². The summed E-state index contributed by atoms with van der Waals surface area (Å²) in [4.78, 5) is 38.6. The molecule has 1 aliphatic heterocycles. The van der Waals surface area contributed by atoms with Crippen molar-refractivity contribution in [2.24, 2.45) is 5.41 Å². The highest BCUT2D eigenvalue weighted by Crippen LogP contribution is 2.44. The lowest BCUT2D eigenvalue weighted by atomic mass is 9.77. The molecule has 4 rings (SSSR count). The molecule has 2 aromatic rings. The Morgan fingerprint density at radius 2 is 1.66 bits per heavy atom. The second kappa shape index (κ2) is 10.5. The summed E-state index contributed by atoms with van der Waals surface area (Å²) in [5, 5.41) is 12.4. The molecule has 35 heavy (non-hydrogen) atoms. The van der Waals surface area contributed by atoms with Gasteiger partial charge in [-0.1, -0.05) is 75.2 Å². The largest absolute Gasteiger partial charge is 0.481 e. The van der Waals surface area contributed by atoms with E-state index in [0.29, 0.717) is 12.8 Å². The number of nitrogens with zero attached hydrogens (tertiary/aromatic N) is 1. The Kier molecular flexibility index (Phi) is 7.43. The molecular weight excluding hydrogens is 444 g/mol. The van der Waals surface area contributed by atoms with Crippen LogP contribution in [0.5, 0.6) is 0 Å². The van der Waals surface area contributed by atoms with Crippen molar-refractivity contribution in [3.63, 3.8) is 0 Å². The molecule has 0 bridgehead atoms. The summed E-state index contributed by atoms with van der Waals surface area (Å²) in [5.74, 6) is -1.01. The van der Waals surface area contributed by atoms with Crippen LogP contribution in [0.4, 0.5) is 4.79 Å². The summed E-state index contributed by atoms with van der Waals surface area (Å²) in [5.41, 5.74) is 3.80. The average molecular weight is 479 g/mol. The fourth-order valence-corrected chi connectivity index (χ4v) is 5.19. The Labute approximate surface area is 206 Å². The molecule has 2 amide bonds. The minimum atomic E-state index is -0.858. The average Bonchev–Trinajstić information content (AvgIpc) is 3.14. The molecular formula is C28H34N2O5. The van der Waals surface area contributed by atoms with Gasteiger partial charge in [0.15, 0.2) is 0 Å². The third-order valence-corrected chi connectivity index (χ3v) is 7.46. The predicted molar refractivity (Wildman–Crippen MR) is 133 cm³/mol. The monoisotopic (exact) mass is 478 g/mol. The summed E-state index contributed by atoms with van der Waals surface area (Å²) in [6, 6.07) is 16.0. The van der Waals surface area contributed by atoms with Crippen LogP contribution in [0, 0.1) is 5.41 Å². The number of carbonyl (C=O) groups excluding carboxylic acids is 2. The molecule has 7 heteroatoms. The van der Waals surface area contributed by atoms with Gasteiger partial charge in [-0.05, 0) is 35.1 Å². The zero-order valence-electron chi connectivity index (χ0n) is 20.5. The molecule has 0 aromatic heterocycles. The zero-order valence-corrected chi connectivity index (χ0v) is 20.5. The van der Waals surface area contributed by atoms with E-state index in [2.05, 4.69) is 36.5 Å². The van der Waals surface area contributed by atoms with Crippen LogP contribution in [0.2, 0.25) is 0 Å². The van der Waals surface area contributed by atoms with Crippen LogP contribution in [0.1, 0.15) is 63.0 Å². The van der Waals surface area contributed by atoms with E-state index in [-0.39, 0.29) is 44.0 Å². The maximum atomic E-state index is 12.8. The first kappa shape index (κ1) is 24.8. The molecule has 2 aliphatic rings. The van der Waals surface area contributed by atoms with Crippen molar-refractivity contribution in [1.29, 1.82) is 0 Å². The molecule has 1 fully saturated rings. The maximum absolute atomic E-state index is 12.8. The number of carbonyl (C=O) groups is 3. The van der Waals surface area contributed by atoms with E-state index in [1.54, 1.807) is 4.90 Å². The van der Waals surface area contributed by atoms with Gasteiger partial charge in [0.25, 0.3) is 0 Å². The van der Waals surface area contributed by atoms with Gasteiger partial charge >= 0.3 is 12.1 Å². The summed E-state index contributed by atoms with van der Waals surface area (Å²) < 4.78 is 5.66. The number of likely N-dealkylation sites (tertiary alicyclic amines) is 1. The SMILES string of the molecule is CCCCC(CC(=O)N1CC(CC)(C(=O)O)C1)NC(=O)OCC1c2ccccc2-c2ccccc21. The van der Waals surface area contributed by atoms with Crippen LogP contribution in [-0.4, -0.2) is 53.7 Å².